The van der Waals surface area contributed by atoms with Gasteiger partial charge in [-0.15, -0.1) is 0 Å². The molecule has 0 bridgehead atoms. The van der Waals surface area contributed by atoms with Crippen molar-refractivity contribution in [1.29, 1.82) is 0 Å². The van der Waals surface area contributed by atoms with E-state index in [-0.39, 0.29) is 23.2 Å². The number of para-hydroxylation sites is 1. The lowest BCUT2D eigenvalue weighted by atomic mass is 10.2. The Balaban J connectivity index is 1.35. The number of carbonyl (C=O) groups excluding carboxylic acids is 2. The lowest BCUT2D eigenvalue weighted by Crippen LogP contribution is -2.29. The second-order valence-electron chi connectivity index (χ2n) is 8.11. The molecule has 0 saturated heterocycles. The van der Waals surface area contributed by atoms with E-state index in [9.17, 15) is 9.59 Å². The molecule has 5 rings (SSSR count). The van der Waals surface area contributed by atoms with Crippen LogP contribution in [0.3, 0.4) is 0 Å². The topological polar surface area (TPSA) is 78.9 Å². The van der Waals surface area contributed by atoms with Crippen molar-refractivity contribution in [2.75, 3.05) is 10.6 Å². The second-order valence-corrected chi connectivity index (χ2v) is 8.11. The van der Waals surface area contributed by atoms with Crippen LogP contribution in [0.5, 0.6) is 0 Å². The van der Waals surface area contributed by atoms with Gasteiger partial charge in [-0.25, -0.2) is 9.55 Å². The van der Waals surface area contributed by atoms with Crippen LogP contribution < -0.4 is 19.8 Å². The Labute approximate surface area is 196 Å². The van der Waals surface area contributed by atoms with E-state index in [0.717, 1.165) is 21.8 Å². The van der Waals surface area contributed by atoms with Gasteiger partial charge in [-0.1, -0.05) is 18.2 Å². The van der Waals surface area contributed by atoms with Gasteiger partial charge in [0.2, 0.25) is 11.0 Å². The summed E-state index contributed by atoms with van der Waals surface area (Å²) in [4.78, 5) is 30.0. The zero-order chi connectivity index (χ0) is 23.7. The molecule has 5 aromatic rings. The number of rotatable bonds is 4. The largest absolute Gasteiger partial charge is 0.321 e. The van der Waals surface area contributed by atoms with Crippen LogP contribution in [0.4, 0.5) is 11.4 Å². The first-order valence-electron chi connectivity index (χ1n) is 10.8. The summed E-state index contributed by atoms with van der Waals surface area (Å²) in [5, 5.41) is 7.76. The second kappa shape index (κ2) is 8.71. The van der Waals surface area contributed by atoms with Crippen LogP contribution in [0, 0.1) is 0 Å². The molecule has 0 unspecified atom stereocenters. The van der Waals surface area contributed by atoms with Gasteiger partial charge in [0, 0.05) is 34.7 Å². The van der Waals surface area contributed by atoms with Crippen molar-refractivity contribution in [2.45, 2.75) is 0 Å². The van der Waals surface area contributed by atoms with Gasteiger partial charge < -0.3 is 10.6 Å². The SMILES string of the molecule is C[n+]1cccc2cc(NC(=O)c3cccc(C(=O)Nc4cc5ccccc5[n+](C)c4)n3)ccc21. The third-order valence-electron chi connectivity index (χ3n) is 5.68. The monoisotopic (exact) mass is 449 g/mol. The van der Waals surface area contributed by atoms with Crippen molar-refractivity contribution >= 4 is 45.0 Å². The zero-order valence-corrected chi connectivity index (χ0v) is 18.8. The molecule has 3 heterocycles. The number of hydrogen-bond donors (Lipinski definition) is 2. The lowest BCUT2D eigenvalue weighted by Gasteiger charge is -2.08. The molecule has 0 spiro atoms. The first kappa shape index (κ1) is 21.2. The smallest absolute Gasteiger partial charge is 0.274 e. The summed E-state index contributed by atoms with van der Waals surface area (Å²) in [6.45, 7) is 0. The quantitative estimate of drug-likeness (QED) is 0.412. The number of nitrogens with one attached hydrogen (secondary N) is 2. The number of aryl methyl sites for hydroxylation is 2. The standard InChI is InChI=1S/C27H21N5O2/c1-31-14-6-8-19-15-20(12-13-25(19)31)28-26(33)22-9-5-10-23(30-22)27(34)29-21-16-18-7-3-4-11-24(18)32(2)17-21/h3-17H,1-2H3/p+2. The molecule has 0 aliphatic carbocycles. The fourth-order valence-electron chi connectivity index (χ4n) is 4.00. The van der Waals surface area contributed by atoms with E-state index in [1.165, 1.54) is 0 Å². The molecule has 0 aliphatic heterocycles. The molecule has 2 N–H and O–H groups in total. The van der Waals surface area contributed by atoms with Crippen LogP contribution >= 0.6 is 0 Å². The first-order valence-corrected chi connectivity index (χ1v) is 10.8. The molecule has 0 aliphatic rings. The molecule has 2 aromatic carbocycles. The molecule has 0 atom stereocenters. The molecule has 0 fully saturated rings. The van der Waals surface area contributed by atoms with Crippen molar-refractivity contribution in [3.05, 3.63) is 103 Å². The van der Waals surface area contributed by atoms with E-state index < -0.39 is 0 Å². The minimum atomic E-state index is -0.386. The number of hydrogen-bond acceptors (Lipinski definition) is 3. The van der Waals surface area contributed by atoms with E-state index in [1.807, 2.05) is 96.3 Å². The normalized spacial score (nSPS) is 10.9. The van der Waals surface area contributed by atoms with Gasteiger partial charge in [0.1, 0.15) is 31.2 Å². The summed E-state index contributed by atoms with van der Waals surface area (Å²) in [6, 6.07) is 24.3. The van der Waals surface area contributed by atoms with Crippen molar-refractivity contribution in [2.24, 2.45) is 14.1 Å². The Hall–Kier alpha value is -4.65. The molecule has 0 saturated carbocycles. The van der Waals surface area contributed by atoms with Crippen LogP contribution in [0.1, 0.15) is 21.0 Å². The van der Waals surface area contributed by atoms with Gasteiger partial charge in [-0.3, -0.25) is 9.59 Å². The average Bonchev–Trinajstić information content (AvgIpc) is 2.84. The number of benzene rings is 2. The predicted octanol–water partition coefficient (Wildman–Crippen LogP) is 3.54. The first-order chi connectivity index (χ1) is 16.5. The molecule has 166 valence electrons. The summed E-state index contributed by atoms with van der Waals surface area (Å²) in [5.74, 6) is -0.769. The van der Waals surface area contributed by atoms with E-state index >= 15 is 0 Å². The number of anilines is 2. The van der Waals surface area contributed by atoms with Crippen LogP contribution in [0.25, 0.3) is 21.8 Å². The maximum absolute atomic E-state index is 12.9. The van der Waals surface area contributed by atoms with Gasteiger partial charge in [0.15, 0.2) is 12.4 Å². The van der Waals surface area contributed by atoms with Crippen molar-refractivity contribution in [3.8, 4) is 0 Å². The number of aromatic nitrogens is 3. The van der Waals surface area contributed by atoms with Crippen molar-refractivity contribution in [1.82, 2.24) is 4.98 Å². The number of nitrogens with zero attached hydrogens (tertiary/aromatic N) is 3. The lowest BCUT2D eigenvalue weighted by molar-refractivity contribution is -0.644. The Morgan fingerprint density at radius 2 is 1.29 bits per heavy atom. The predicted molar refractivity (Wildman–Crippen MR) is 130 cm³/mol. The highest BCUT2D eigenvalue weighted by Gasteiger charge is 2.16. The minimum absolute atomic E-state index is 0.161. The third kappa shape index (κ3) is 4.19. The highest BCUT2D eigenvalue weighted by atomic mass is 16.2. The molecule has 3 aromatic heterocycles. The van der Waals surface area contributed by atoms with Gasteiger partial charge in [0.25, 0.3) is 11.8 Å². The van der Waals surface area contributed by atoms with Crippen molar-refractivity contribution < 1.29 is 18.7 Å². The number of pyridine rings is 3. The Morgan fingerprint density at radius 1 is 0.676 bits per heavy atom. The van der Waals surface area contributed by atoms with Gasteiger partial charge in [-0.2, -0.15) is 4.57 Å². The Bertz CT molecular complexity index is 1580. The minimum Gasteiger partial charge on any atom is -0.321 e. The maximum atomic E-state index is 12.9. The average molecular weight is 450 g/mol. The van der Waals surface area contributed by atoms with Crippen LogP contribution in [-0.2, 0) is 14.1 Å². The summed E-state index contributed by atoms with van der Waals surface area (Å²) >= 11 is 0. The fourth-order valence-corrected chi connectivity index (χ4v) is 4.00. The third-order valence-corrected chi connectivity index (χ3v) is 5.68. The highest BCUT2D eigenvalue weighted by molar-refractivity contribution is 6.06. The maximum Gasteiger partial charge on any atom is 0.274 e. The summed E-state index contributed by atoms with van der Waals surface area (Å²) < 4.78 is 3.96. The van der Waals surface area contributed by atoms with Crippen LogP contribution in [0.2, 0.25) is 0 Å². The molecule has 34 heavy (non-hydrogen) atoms. The van der Waals surface area contributed by atoms with Gasteiger partial charge >= 0.3 is 0 Å². The number of fused-ring (bicyclic) bond motifs is 2. The Kier molecular flexibility index (Phi) is 5.43. The van der Waals surface area contributed by atoms with E-state index in [2.05, 4.69) is 15.6 Å². The molecular weight excluding hydrogens is 426 g/mol. The van der Waals surface area contributed by atoms with E-state index in [4.69, 9.17) is 0 Å². The van der Waals surface area contributed by atoms with Crippen molar-refractivity contribution in [3.63, 3.8) is 0 Å². The number of carbonyl (C=O) groups is 2. The van der Waals surface area contributed by atoms with Crippen LogP contribution in [-0.4, -0.2) is 16.8 Å². The van der Waals surface area contributed by atoms with Crippen LogP contribution in [0.15, 0.2) is 91.3 Å². The summed E-state index contributed by atoms with van der Waals surface area (Å²) in [7, 11) is 3.90. The molecule has 2 amide bonds. The molecular formula is C27H23N5O2+2. The molecule has 7 nitrogen and oxygen atoms in total. The molecule has 0 radical (unpaired) electrons. The number of amides is 2. The van der Waals surface area contributed by atoms with E-state index in [0.29, 0.717) is 11.4 Å². The Morgan fingerprint density at radius 3 is 2.06 bits per heavy atom. The van der Waals surface area contributed by atoms with Gasteiger partial charge in [0.05, 0.1) is 0 Å². The fraction of sp³-hybridized carbons (Fsp3) is 0.0741. The van der Waals surface area contributed by atoms with E-state index in [1.54, 1.807) is 18.2 Å². The zero-order valence-electron chi connectivity index (χ0n) is 18.8. The molecule has 7 heteroatoms. The summed E-state index contributed by atoms with van der Waals surface area (Å²) in [5.41, 5.74) is 3.74. The van der Waals surface area contributed by atoms with Gasteiger partial charge in [-0.05, 0) is 42.5 Å². The summed E-state index contributed by atoms with van der Waals surface area (Å²) in [6.07, 6.45) is 3.81. The highest BCUT2D eigenvalue weighted by Crippen LogP contribution is 2.18.